The van der Waals surface area contributed by atoms with Gasteiger partial charge in [-0.3, -0.25) is 4.79 Å². The van der Waals surface area contributed by atoms with E-state index in [2.05, 4.69) is 10.1 Å². The summed E-state index contributed by atoms with van der Waals surface area (Å²) in [5.74, 6) is -1.37. The molecule has 2 unspecified atom stereocenters. The Kier molecular flexibility index (Phi) is 6.64. The number of halogens is 3. The third kappa shape index (κ3) is 5.45. The molecule has 4 aliphatic carbocycles. The molecule has 4 fully saturated rings. The van der Waals surface area contributed by atoms with Crippen molar-refractivity contribution >= 4 is 22.6 Å². The van der Waals surface area contributed by atoms with Crippen LogP contribution < -0.4 is 14.8 Å². The Bertz CT molecular complexity index is 1470. The molecule has 4 saturated carbocycles. The van der Waals surface area contributed by atoms with E-state index in [1.807, 2.05) is 12.1 Å². The molecule has 7 rings (SSSR count). The van der Waals surface area contributed by atoms with E-state index in [4.69, 9.17) is 4.74 Å². The monoisotopic (exact) mass is 569 g/mol. The van der Waals surface area contributed by atoms with Gasteiger partial charge < -0.3 is 25.0 Å². The minimum Gasteiger partial charge on any atom is -0.487 e. The molecule has 3 aromatic carbocycles. The number of fused-ring (bicyclic) bond motifs is 1. The highest BCUT2D eigenvalue weighted by atomic mass is 19.4. The van der Waals surface area contributed by atoms with E-state index < -0.39 is 35.3 Å². The van der Waals surface area contributed by atoms with E-state index in [1.54, 1.807) is 24.3 Å². The van der Waals surface area contributed by atoms with Gasteiger partial charge in [0.25, 0.3) is 5.91 Å². The second kappa shape index (κ2) is 9.94. The number of carbonyl (C=O) groups excluding carboxylic acids is 1. The highest BCUT2D eigenvalue weighted by molar-refractivity contribution is 6.05. The van der Waals surface area contributed by atoms with Crippen LogP contribution in [-0.4, -0.2) is 40.1 Å². The largest absolute Gasteiger partial charge is 0.573 e. The molecule has 3 N–H and O–H groups in total. The van der Waals surface area contributed by atoms with Crippen molar-refractivity contribution < 1.29 is 42.4 Å². The molecule has 3 aromatic rings. The number of hydrogen-bond acceptors (Lipinski definition) is 5. The molecule has 0 heterocycles. The Morgan fingerprint density at radius 2 is 1.66 bits per heavy atom. The smallest absolute Gasteiger partial charge is 0.487 e. The van der Waals surface area contributed by atoms with Crippen LogP contribution in [-0.2, 0) is 11.4 Å². The highest BCUT2D eigenvalue weighted by Gasteiger charge is 2.61. The summed E-state index contributed by atoms with van der Waals surface area (Å²) in [6.07, 6.45) is -0.813. The van der Waals surface area contributed by atoms with E-state index in [-0.39, 0.29) is 35.5 Å². The number of aliphatic carboxylic acids is 1. The zero-order valence-electron chi connectivity index (χ0n) is 22.1. The van der Waals surface area contributed by atoms with E-state index in [0.29, 0.717) is 43.1 Å². The third-order valence-corrected chi connectivity index (χ3v) is 8.87. The normalized spacial score (nSPS) is 27.4. The number of benzene rings is 3. The molecule has 0 radical (unpaired) electrons. The van der Waals surface area contributed by atoms with Gasteiger partial charge in [0.15, 0.2) is 0 Å². The summed E-state index contributed by atoms with van der Waals surface area (Å²) in [4.78, 5) is 26.3. The SMILES string of the molecule is O=C(N[C@H](C(=O)O)C12CC3CC(CC(O)(C3)C1)C2)c1ccc2ccccc2c1OCc1ccc(OC(F)(F)F)cc1. The van der Waals surface area contributed by atoms with Crippen LogP contribution in [0.4, 0.5) is 13.2 Å². The molecule has 0 saturated heterocycles. The molecule has 41 heavy (non-hydrogen) atoms. The molecule has 4 aliphatic rings. The maximum absolute atomic E-state index is 13.7. The molecular formula is C31H30F3NO6. The van der Waals surface area contributed by atoms with E-state index in [9.17, 15) is 33.0 Å². The van der Waals surface area contributed by atoms with Crippen LogP contribution in [0.25, 0.3) is 10.8 Å². The lowest BCUT2D eigenvalue weighted by Gasteiger charge is -2.61. The van der Waals surface area contributed by atoms with Gasteiger partial charge in [-0.05, 0) is 79.5 Å². The molecule has 10 heteroatoms. The zero-order valence-corrected chi connectivity index (χ0v) is 22.1. The van der Waals surface area contributed by atoms with Crippen LogP contribution in [0.2, 0.25) is 0 Å². The van der Waals surface area contributed by atoms with Gasteiger partial charge in [0.1, 0.15) is 24.1 Å². The Labute approximate surface area is 234 Å². The molecule has 0 aromatic heterocycles. The van der Waals surface area contributed by atoms with Crippen LogP contribution in [0.1, 0.15) is 54.4 Å². The van der Waals surface area contributed by atoms with Gasteiger partial charge in [0.2, 0.25) is 0 Å². The Hall–Kier alpha value is -3.79. The van der Waals surface area contributed by atoms with Crippen molar-refractivity contribution in [2.75, 3.05) is 0 Å². The van der Waals surface area contributed by atoms with Crippen molar-refractivity contribution in [3.8, 4) is 11.5 Å². The second-order valence-corrected chi connectivity index (χ2v) is 11.9. The third-order valence-electron chi connectivity index (χ3n) is 8.87. The number of carboxylic acid groups (broad SMARTS) is 1. The molecular weight excluding hydrogens is 539 g/mol. The second-order valence-electron chi connectivity index (χ2n) is 11.9. The predicted molar refractivity (Wildman–Crippen MR) is 142 cm³/mol. The predicted octanol–water partition coefficient (Wildman–Crippen LogP) is 5.83. The molecule has 0 spiro atoms. The number of aliphatic hydroxyl groups is 1. The number of rotatable bonds is 8. The van der Waals surface area contributed by atoms with Gasteiger partial charge in [0, 0.05) is 10.8 Å². The fourth-order valence-corrected chi connectivity index (χ4v) is 7.83. The molecule has 1 amide bonds. The van der Waals surface area contributed by atoms with E-state index >= 15 is 0 Å². The van der Waals surface area contributed by atoms with Crippen LogP contribution in [0.5, 0.6) is 11.5 Å². The summed E-state index contributed by atoms with van der Waals surface area (Å²) in [6.45, 7) is -0.0523. The maximum Gasteiger partial charge on any atom is 0.573 e. The number of ether oxygens (including phenoxy) is 2. The first-order valence-electron chi connectivity index (χ1n) is 13.7. The summed E-state index contributed by atoms with van der Waals surface area (Å²) >= 11 is 0. The van der Waals surface area contributed by atoms with Crippen molar-refractivity contribution in [3.63, 3.8) is 0 Å². The fraction of sp³-hybridized carbons (Fsp3) is 0.419. The fourth-order valence-electron chi connectivity index (χ4n) is 7.83. The number of carbonyl (C=O) groups is 2. The van der Waals surface area contributed by atoms with Crippen LogP contribution >= 0.6 is 0 Å². The molecule has 216 valence electrons. The summed E-state index contributed by atoms with van der Waals surface area (Å²) in [5, 5.41) is 25.7. The summed E-state index contributed by atoms with van der Waals surface area (Å²) < 4.78 is 47.6. The Morgan fingerprint density at radius 1 is 0.976 bits per heavy atom. The van der Waals surface area contributed by atoms with Crippen molar-refractivity contribution in [1.29, 1.82) is 0 Å². The van der Waals surface area contributed by atoms with Gasteiger partial charge in [-0.1, -0.05) is 42.5 Å². The standard InChI is InChI=1S/C31H30F3NO6/c32-31(33,34)41-22-8-5-18(6-9-22)16-40-25-23-4-2-1-3-21(23)7-10-24(25)27(36)35-26(28(37)38)29-12-19-11-20(13-29)15-30(39,14-19)17-29/h1-10,19-20,26,39H,11-17H2,(H,35,36)(H,37,38)/t19?,20?,26-,29?,30?/m1/s1. The van der Waals surface area contributed by atoms with Gasteiger partial charge in [-0.15, -0.1) is 13.2 Å². The van der Waals surface area contributed by atoms with Crippen LogP contribution in [0.15, 0.2) is 60.7 Å². The summed E-state index contributed by atoms with van der Waals surface area (Å²) in [6, 6.07) is 14.7. The Morgan fingerprint density at radius 3 is 2.29 bits per heavy atom. The van der Waals surface area contributed by atoms with Gasteiger partial charge >= 0.3 is 12.3 Å². The minimum absolute atomic E-state index is 0.0523. The average Bonchev–Trinajstić information content (AvgIpc) is 2.88. The van der Waals surface area contributed by atoms with Gasteiger partial charge in [-0.2, -0.15) is 0 Å². The first kappa shape index (κ1) is 27.4. The van der Waals surface area contributed by atoms with E-state index in [1.165, 1.54) is 24.3 Å². The van der Waals surface area contributed by atoms with Crippen molar-refractivity contribution in [2.45, 2.75) is 63.1 Å². The lowest BCUT2D eigenvalue weighted by molar-refractivity contribution is -0.274. The molecule has 3 atom stereocenters. The molecule has 0 aliphatic heterocycles. The van der Waals surface area contributed by atoms with Crippen LogP contribution in [0.3, 0.4) is 0 Å². The summed E-state index contributed by atoms with van der Waals surface area (Å²) in [5.41, 5.74) is -0.918. The minimum atomic E-state index is -4.80. The van der Waals surface area contributed by atoms with Gasteiger partial charge in [0.05, 0.1) is 11.2 Å². The first-order chi connectivity index (χ1) is 19.4. The first-order valence-corrected chi connectivity index (χ1v) is 13.7. The van der Waals surface area contributed by atoms with Crippen molar-refractivity contribution in [1.82, 2.24) is 5.32 Å². The number of hydrogen-bond donors (Lipinski definition) is 3. The quantitative estimate of drug-likeness (QED) is 0.315. The topological polar surface area (TPSA) is 105 Å². The number of alkyl halides is 3. The lowest BCUT2D eigenvalue weighted by atomic mass is 9.46. The lowest BCUT2D eigenvalue weighted by Crippen LogP contribution is -2.64. The number of carboxylic acids is 1. The average molecular weight is 570 g/mol. The number of amides is 1. The maximum atomic E-state index is 13.7. The van der Waals surface area contributed by atoms with E-state index in [0.717, 1.165) is 11.8 Å². The highest BCUT2D eigenvalue weighted by Crippen LogP contribution is 2.62. The van der Waals surface area contributed by atoms with Crippen molar-refractivity contribution in [2.24, 2.45) is 17.3 Å². The molecule has 7 nitrogen and oxygen atoms in total. The van der Waals surface area contributed by atoms with Crippen LogP contribution in [0, 0.1) is 17.3 Å². The molecule has 4 bridgehead atoms. The van der Waals surface area contributed by atoms with Gasteiger partial charge in [-0.25, -0.2) is 4.79 Å². The number of nitrogens with one attached hydrogen (secondary N) is 1. The summed E-state index contributed by atoms with van der Waals surface area (Å²) in [7, 11) is 0. The zero-order chi connectivity index (χ0) is 29.0. The Balaban J connectivity index is 1.27. The van der Waals surface area contributed by atoms with Crippen molar-refractivity contribution in [3.05, 3.63) is 71.8 Å².